The average molecular weight is 192 g/mol. The highest BCUT2D eigenvalue weighted by atomic mass is 16.3. The second kappa shape index (κ2) is 3.26. The number of hydrogen-bond acceptors (Lipinski definition) is 3. The lowest BCUT2D eigenvalue weighted by molar-refractivity contribution is 0.277. The Morgan fingerprint density at radius 1 is 1.57 bits per heavy atom. The molecule has 2 N–H and O–H groups in total. The van der Waals surface area contributed by atoms with Gasteiger partial charge in [-0.1, -0.05) is 0 Å². The van der Waals surface area contributed by atoms with E-state index in [9.17, 15) is 0 Å². The summed E-state index contributed by atoms with van der Waals surface area (Å²) in [5.41, 5.74) is 2.60. The van der Waals surface area contributed by atoms with Gasteiger partial charge in [-0.15, -0.1) is 0 Å². The summed E-state index contributed by atoms with van der Waals surface area (Å²) in [6.45, 7) is 1.91. The van der Waals surface area contributed by atoms with Crippen LogP contribution in [0.2, 0.25) is 0 Å². The summed E-state index contributed by atoms with van der Waals surface area (Å²) in [6, 6.07) is 0. The number of aromatic nitrogens is 4. The van der Waals surface area contributed by atoms with E-state index < -0.39 is 0 Å². The van der Waals surface area contributed by atoms with Crippen molar-refractivity contribution in [3.05, 3.63) is 23.8 Å². The quantitative estimate of drug-likeness (QED) is 0.732. The zero-order valence-electron chi connectivity index (χ0n) is 8.15. The van der Waals surface area contributed by atoms with Gasteiger partial charge in [-0.05, 0) is 6.92 Å². The van der Waals surface area contributed by atoms with Crippen molar-refractivity contribution in [3.63, 3.8) is 0 Å². The normalized spacial score (nSPS) is 10.8. The topological polar surface area (TPSA) is 66.7 Å². The lowest BCUT2D eigenvalue weighted by atomic mass is 10.2. The molecule has 2 rings (SSSR count). The molecule has 5 heteroatoms. The molecule has 0 saturated heterocycles. The largest absolute Gasteiger partial charge is 0.390 e. The number of imidazole rings is 1. The van der Waals surface area contributed by atoms with E-state index in [-0.39, 0.29) is 6.61 Å². The summed E-state index contributed by atoms with van der Waals surface area (Å²) in [5.74, 6) is 0.750. The molecule has 0 aliphatic carbocycles. The van der Waals surface area contributed by atoms with Crippen molar-refractivity contribution < 1.29 is 5.11 Å². The maximum absolute atomic E-state index is 8.88. The molecule has 0 amide bonds. The van der Waals surface area contributed by atoms with Gasteiger partial charge in [0.05, 0.1) is 29.8 Å². The number of nitrogens with zero attached hydrogens (tertiary/aromatic N) is 3. The summed E-state index contributed by atoms with van der Waals surface area (Å²) in [5, 5.41) is 13.1. The fraction of sp³-hybridized carbons (Fsp3) is 0.333. The van der Waals surface area contributed by atoms with Crippen molar-refractivity contribution in [2.24, 2.45) is 7.05 Å². The summed E-state index contributed by atoms with van der Waals surface area (Å²) < 4.78 is 1.74. The first kappa shape index (κ1) is 8.96. The van der Waals surface area contributed by atoms with Crippen molar-refractivity contribution in [2.45, 2.75) is 13.5 Å². The lowest BCUT2D eigenvalue weighted by Gasteiger charge is -1.91. The van der Waals surface area contributed by atoms with Gasteiger partial charge >= 0.3 is 0 Å². The van der Waals surface area contributed by atoms with Crippen LogP contribution >= 0.6 is 0 Å². The molecule has 2 heterocycles. The molecule has 0 atom stereocenters. The Bertz CT molecular complexity index is 443. The molecule has 5 nitrogen and oxygen atoms in total. The third-order valence-electron chi connectivity index (χ3n) is 2.07. The van der Waals surface area contributed by atoms with Crippen LogP contribution in [-0.2, 0) is 13.7 Å². The predicted molar refractivity (Wildman–Crippen MR) is 51.4 cm³/mol. The SMILES string of the molecule is Cc1nn(C)cc1-c1ncc(CO)[nH]1. The summed E-state index contributed by atoms with van der Waals surface area (Å²) >= 11 is 0. The molecular formula is C9H12N4O. The van der Waals surface area contributed by atoms with Crippen LogP contribution in [0.4, 0.5) is 0 Å². The number of aliphatic hydroxyl groups excluding tert-OH is 1. The molecule has 0 aliphatic rings. The number of nitrogens with one attached hydrogen (secondary N) is 1. The number of aryl methyl sites for hydroxylation is 2. The van der Waals surface area contributed by atoms with Crippen LogP contribution in [0.5, 0.6) is 0 Å². The van der Waals surface area contributed by atoms with Crippen LogP contribution in [0, 0.1) is 6.92 Å². The van der Waals surface area contributed by atoms with Gasteiger partial charge in [-0.25, -0.2) is 4.98 Å². The monoisotopic (exact) mass is 192 g/mol. The molecule has 74 valence electrons. The molecule has 2 aromatic rings. The summed E-state index contributed by atoms with van der Waals surface area (Å²) in [7, 11) is 1.87. The Kier molecular flexibility index (Phi) is 2.09. The van der Waals surface area contributed by atoms with Gasteiger partial charge in [-0.3, -0.25) is 4.68 Å². The molecule has 0 bridgehead atoms. The van der Waals surface area contributed by atoms with E-state index in [1.165, 1.54) is 0 Å². The molecule has 0 spiro atoms. The molecule has 0 aliphatic heterocycles. The Morgan fingerprint density at radius 2 is 2.36 bits per heavy atom. The van der Waals surface area contributed by atoms with Crippen LogP contribution in [0.25, 0.3) is 11.4 Å². The highest BCUT2D eigenvalue weighted by molar-refractivity contribution is 5.56. The van der Waals surface area contributed by atoms with Crippen LogP contribution in [0.3, 0.4) is 0 Å². The minimum absolute atomic E-state index is 0.0215. The zero-order chi connectivity index (χ0) is 10.1. The Balaban J connectivity index is 2.43. The van der Waals surface area contributed by atoms with Crippen molar-refractivity contribution >= 4 is 0 Å². The van der Waals surface area contributed by atoms with Gasteiger partial charge in [0.25, 0.3) is 0 Å². The van der Waals surface area contributed by atoms with E-state index in [4.69, 9.17) is 5.11 Å². The van der Waals surface area contributed by atoms with Gasteiger partial charge in [0.15, 0.2) is 0 Å². The highest BCUT2D eigenvalue weighted by Crippen LogP contribution is 2.18. The number of rotatable bonds is 2. The fourth-order valence-electron chi connectivity index (χ4n) is 1.41. The van der Waals surface area contributed by atoms with E-state index in [0.717, 1.165) is 17.1 Å². The Morgan fingerprint density at radius 3 is 2.86 bits per heavy atom. The van der Waals surface area contributed by atoms with E-state index >= 15 is 0 Å². The predicted octanol–water partition coefficient (Wildman–Crippen LogP) is 0.611. The molecule has 0 radical (unpaired) electrons. The van der Waals surface area contributed by atoms with E-state index in [2.05, 4.69) is 15.1 Å². The second-order valence-electron chi connectivity index (χ2n) is 3.22. The zero-order valence-corrected chi connectivity index (χ0v) is 8.15. The maximum atomic E-state index is 8.88. The number of aromatic amines is 1. The van der Waals surface area contributed by atoms with Crippen LogP contribution in [0.1, 0.15) is 11.4 Å². The summed E-state index contributed by atoms with van der Waals surface area (Å²) in [6.07, 6.45) is 3.52. The Hall–Kier alpha value is -1.62. The second-order valence-corrected chi connectivity index (χ2v) is 3.22. The first-order valence-corrected chi connectivity index (χ1v) is 4.36. The molecule has 14 heavy (non-hydrogen) atoms. The molecule has 0 saturated carbocycles. The maximum Gasteiger partial charge on any atom is 0.141 e. The third-order valence-corrected chi connectivity index (χ3v) is 2.07. The third kappa shape index (κ3) is 1.42. The van der Waals surface area contributed by atoms with Crippen LogP contribution in [0.15, 0.2) is 12.4 Å². The smallest absolute Gasteiger partial charge is 0.141 e. The van der Waals surface area contributed by atoms with Gasteiger partial charge in [0.2, 0.25) is 0 Å². The first-order chi connectivity index (χ1) is 6.70. The van der Waals surface area contributed by atoms with E-state index in [1.54, 1.807) is 10.9 Å². The molecule has 0 fully saturated rings. The molecule has 2 aromatic heterocycles. The van der Waals surface area contributed by atoms with Crippen molar-refractivity contribution in [3.8, 4) is 11.4 Å². The number of hydrogen-bond donors (Lipinski definition) is 2. The van der Waals surface area contributed by atoms with Gasteiger partial charge in [0, 0.05) is 13.2 Å². The van der Waals surface area contributed by atoms with Crippen molar-refractivity contribution in [1.29, 1.82) is 0 Å². The first-order valence-electron chi connectivity index (χ1n) is 4.36. The van der Waals surface area contributed by atoms with E-state index in [0.29, 0.717) is 5.69 Å². The highest BCUT2D eigenvalue weighted by Gasteiger charge is 2.08. The van der Waals surface area contributed by atoms with Crippen molar-refractivity contribution in [1.82, 2.24) is 19.7 Å². The van der Waals surface area contributed by atoms with Crippen molar-refractivity contribution in [2.75, 3.05) is 0 Å². The summed E-state index contributed by atoms with van der Waals surface area (Å²) in [4.78, 5) is 7.18. The van der Waals surface area contributed by atoms with Gasteiger partial charge in [-0.2, -0.15) is 5.10 Å². The number of aliphatic hydroxyl groups is 1. The average Bonchev–Trinajstić information content (AvgIpc) is 2.71. The van der Waals surface area contributed by atoms with Crippen LogP contribution < -0.4 is 0 Å². The minimum Gasteiger partial charge on any atom is -0.390 e. The lowest BCUT2D eigenvalue weighted by Crippen LogP contribution is -1.86. The van der Waals surface area contributed by atoms with Gasteiger partial charge in [0.1, 0.15) is 5.82 Å². The van der Waals surface area contributed by atoms with E-state index in [1.807, 2.05) is 20.2 Å². The molecule has 0 unspecified atom stereocenters. The Labute approximate surface area is 81.4 Å². The fourth-order valence-corrected chi connectivity index (χ4v) is 1.41. The van der Waals surface area contributed by atoms with Gasteiger partial charge < -0.3 is 10.1 Å². The minimum atomic E-state index is -0.0215. The molecular weight excluding hydrogens is 180 g/mol. The standard InChI is InChI=1S/C9H12N4O/c1-6-8(4-13(2)12-6)9-10-3-7(5-14)11-9/h3-4,14H,5H2,1-2H3,(H,10,11). The molecule has 0 aromatic carbocycles. The van der Waals surface area contributed by atoms with Crippen LogP contribution in [-0.4, -0.2) is 24.9 Å². The number of H-pyrrole nitrogens is 1.